The number of unbranched alkanes of at least 4 members (excludes halogenated alkanes) is 1. The highest BCUT2D eigenvalue weighted by molar-refractivity contribution is 4.43. The molecule has 0 saturated carbocycles. The molecule has 10 heavy (non-hydrogen) atoms. The Morgan fingerprint density at radius 2 is 2.30 bits per heavy atom. The second-order valence-corrected chi connectivity index (χ2v) is 2.08. The first-order chi connectivity index (χ1) is 4.85. The third kappa shape index (κ3) is 4.26. The van der Waals surface area contributed by atoms with Crippen molar-refractivity contribution in [1.29, 1.82) is 0 Å². The van der Waals surface area contributed by atoms with Gasteiger partial charge in [-0.1, -0.05) is 13.3 Å². The monoisotopic (exact) mass is 146 g/mol. The summed E-state index contributed by atoms with van der Waals surface area (Å²) >= 11 is 0. The van der Waals surface area contributed by atoms with Gasteiger partial charge < -0.3 is 4.74 Å². The van der Waals surface area contributed by atoms with Gasteiger partial charge >= 0.3 is 0 Å². The number of ether oxygens (including phenoxy) is 1. The smallest absolute Gasteiger partial charge is 0.137 e. The molecule has 0 saturated heterocycles. The zero-order valence-corrected chi connectivity index (χ0v) is 6.54. The predicted octanol–water partition coefficient (Wildman–Crippen LogP) is 1.37. The molecule has 0 rings (SSSR count). The van der Waals surface area contributed by atoms with Gasteiger partial charge in [0.25, 0.3) is 0 Å². The summed E-state index contributed by atoms with van der Waals surface area (Å²) in [5, 5.41) is 4.14. The molecule has 0 radical (unpaired) electrons. The van der Waals surface area contributed by atoms with Crippen molar-refractivity contribution in [3.8, 4) is 0 Å². The quantitative estimate of drug-likeness (QED) is 0.323. The standard InChI is InChI=1S/C6H14N2O2/c1-3-4-5-8(7-9)6-10-2/h3-6H2,1-2H3. The summed E-state index contributed by atoms with van der Waals surface area (Å²) in [6.45, 7) is 3.05. The summed E-state index contributed by atoms with van der Waals surface area (Å²) in [4.78, 5) is 10.00. The Morgan fingerprint density at radius 1 is 1.60 bits per heavy atom. The molecule has 0 aliphatic rings. The molecule has 0 bridgehead atoms. The van der Waals surface area contributed by atoms with Gasteiger partial charge in [-0.05, 0) is 6.42 Å². The molecule has 0 heterocycles. The fourth-order valence-corrected chi connectivity index (χ4v) is 0.619. The van der Waals surface area contributed by atoms with E-state index in [0.29, 0.717) is 13.3 Å². The SMILES string of the molecule is CCCCN(COC)N=O. The van der Waals surface area contributed by atoms with Gasteiger partial charge in [-0.25, -0.2) is 5.01 Å². The molecular weight excluding hydrogens is 132 g/mol. The summed E-state index contributed by atoms with van der Waals surface area (Å²) < 4.78 is 4.72. The molecule has 60 valence electrons. The van der Waals surface area contributed by atoms with Crippen LogP contribution < -0.4 is 0 Å². The number of nitroso groups, excluding NO2 is 1. The van der Waals surface area contributed by atoms with Crippen molar-refractivity contribution in [3.63, 3.8) is 0 Å². The van der Waals surface area contributed by atoms with Crippen molar-refractivity contribution >= 4 is 0 Å². The molecule has 0 unspecified atom stereocenters. The highest BCUT2D eigenvalue weighted by Crippen LogP contribution is 1.94. The van der Waals surface area contributed by atoms with E-state index in [4.69, 9.17) is 4.74 Å². The van der Waals surface area contributed by atoms with Gasteiger partial charge in [0.1, 0.15) is 6.73 Å². The number of hydrogen-bond acceptors (Lipinski definition) is 3. The van der Waals surface area contributed by atoms with E-state index in [1.165, 1.54) is 5.01 Å². The first-order valence-corrected chi connectivity index (χ1v) is 3.42. The van der Waals surface area contributed by atoms with Crippen molar-refractivity contribution < 1.29 is 4.74 Å². The van der Waals surface area contributed by atoms with Crippen molar-refractivity contribution in [2.45, 2.75) is 19.8 Å². The van der Waals surface area contributed by atoms with E-state index in [2.05, 4.69) is 12.2 Å². The largest absolute Gasteiger partial charge is 0.363 e. The number of rotatable bonds is 6. The van der Waals surface area contributed by atoms with E-state index >= 15 is 0 Å². The van der Waals surface area contributed by atoms with Crippen LogP contribution in [0.1, 0.15) is 19.8 Å². The van der Waals surface area contributed by atoms with Crippen LogP contribution in [-0.4, -0.2) is 25.4 Å². The van der Waals surface area contributed by atoms with Gasteiger partial charge in [-0.2, -0.15) is 0 Å². The molecule has 0 atom stereocenters. The summed E-state index contributed by atoms with van der Waals surface area (Å²) in [6.07, 6.45) is 2.05. The zero-order chi connectivity index (χ0) is 7.82. The molecule has 0 amide bonds. The summed E-state index contributed by atoms with van der Waals surface area (Å²) in [5.74, 6) is 0. The van der Waals surface area contributed by atoms with E-state index < -0.39 is 0 Å². The van der Waals surface area contributed by atoms with Crippen molar-refractivity contribution in [2.24, 2.45) is 5.29 Å². The molecule has 0 spiro atoms. The van der Waals surface area contributed by atoms with Crippen LogP contribution in [0.25, 0.3) is 0 Å². The lowest BCUT2D eigenvalue weighted by molar-refractivity contribution is 0.0631. The van der Waals surface area contributed by atoms with E-state index in [0.717, 1.165) is 12.8 Å². The fourth-order valence-electron chi connectivity index (χ4n) is 0.619. The lowest BCUT2D eigenvalue weighted by atomic mass is 10.3. The topological polar surface area (TPSA) is 41.9 Å². The Bertz CT molecular complexity index is 87.8. The van der Waals surface area contributed by atoms with E-state index in [-0.39, 0.29) is 0 Å². The van der Waals surface area contributed by atoms with Gasteiger partial charge in [0.2, 0.25) is 0 Å². The minimum atomic E-state index is 0.295. The Kier molecular flexibility index (Phi) is 6.06. The van der Waals surface area contributed by atoms with Gasteiger partial charge in [0, 0.05) is 13.7 Å². The molecule has 4 nitrogen and oxygen atoms in total. The molecule has 4 heteroatoms. The van der Waals surface area contributed by atoms with Crippen LogP contribution in [0.4, 0.5) is 0 Å². The molecule has 0 aliphatic heterocycles. The Morgan fingerprint density at radius 3 is 2.70 bits per heavy atom. The number of hydrogen-bond donors (Lipinski definition) is 0. The maximum Gasteiger partial charge on any atom is 0.137 e. The molecule has 0 fully saturated rings. The maximum atomic E-state index is 10.00. The average Bonchev–Trinajstić information content (AvgIpc) is 1.98. The molecule has 0 N–H and O–H groups in total. The van der Waals surface area contributed by atoms with Gasteiger partial charge in [0.15, 0.2) is 0 Å². The first-order valence-electron chi connectivity index (χ1n) is 3.42. The number of methoxy groups -OCH3 is 1. The normalized spacial score (nSPS) is 9.40. The average molecular weight is 146 g/mol. The van der Waals surface area contributed by atoms with E-state index in [1.807, 2.05) is 0 Å². The van der Waals surface area contributed by atoms with Gasteiger partial charge in [-0.15, -0.1) is 4.91 Å². The third-order valence-electron chi connectivity index (χ3n) is 1.16. The Hall–Kier alpha value is -0.640. The number of nitrogens with zero attached hydrogens (tertiary/aromatic N) is 2. The summed E-state index contributed by atoms with van der Waals surface area (Å²) in [7, 11) is 1.55. The van der Waals surface area contributed by atoms with E-state index in [1.54, 1.807) is 7.11 Å². The lowest BCUT2D eigenvalue weighted by Gasteiger charge is -2.11. The first kappa shape index (κ1) is 9.36. The third-order valence-corrected chi connectivity index (χ3v) is 1.16. The highest BCUT2D eigenvalue weighted by atomic mass is 16.5. The van der Waals surface area contributed by atoms with Gasteiger partial charge in [-0.3, -0.25) is 0 Å². The molecule has 0 aromatic heterocycles. The molecule has 0 aromatic rings. The van der Waals surface area contributed by atoms with Crippen molar-refractivity contribution in [3.05, 3.63) is 4.91 Å². The minimum absolute atomic E-state index is 0.295. The lowest BCUT2D eigenvalue weighted by Crippen LogP contribution is -2.20. The summed E-state index contributed by atoms with van der Waals surface area (Å²) in [5.41, 5.74) is 0. The molecule has 0 aliphatic carbocycles. The van der Waals surface area contributed by atoms with Crippen LogP contribution in [0.2, 0.25) is 0 Å². The summed E-state index contributed by atoms with van der Waals surface area (Å²) in [6, 6.07) is 0. The van der Waals surface area contributed by atoms with Crippen LogP contribution in [0.5, 0.6) is 0 Å². The second kappa shape index (κ2) is 6.48. The Labute approximate surface area is 61.1 Å². The van der Waals surface area contributed by atoms with Crippen LogP contribution >= 0.6 is 0 Å². The van der Waals surface area contributed by atoms with Crippen LogP contribution in [-0.2, 0) is 4.74 Å². The Balaban J connectivity index is 3.29. The van der Waals surface area contributed by atoms with Crippen LogP contribution in [0.3, 0.4) is 0 Å². The minimum Gasteiger partial charge on any atom is -0.363 e. The van der Waals surface area contributed by atoms with Crippen LogP contribution in [0, 0.1) is 4.91 Å². The fraction of sp³-hybridized carbons (Fsp3) is 1.00. The van der Waals surface area contributed by atoms with Crippen molar-refractivity contribution in [1.82, 2.24) is 5.01 Å². The zero-order valence-electron chi connectivity index (χ0n) is 6.54. The molecular formula is C6H14N2O2. The highest BCUT2D eigenvalue weighted by Gasteiger charge is 1.98. The van der Waals surface area contributed by atoms with Crippen molar-refractivity contribution in [2.75, 3.05) is 20.4 Å². The van der Waals surface area contributed by atoms with Crippen LogP contribution in [0.15, 0.2) is 5.29 Å². The maximum absolute atomic E-state index is 10.00. The van der Waals surface area contributed by atoms with Gasteiger partial charge in [0.05, 0.1) is 5.29 Å². The predicted molar refractivity (Wildman–Crippen MR) is 39.3 cm³/mol. The molecule has 0 aromatic carbocycles. The van der Waals surface area contributed by atoms with E-state index in [9.17, 15) is 4.91 Å². The second-order valence-electron chi connectivity index (χ2n) is 2.08.